The Balaban J connectivity index is 0.000000273. The van der Waals surface area contributed by atoms with Crippen LogP contribution in [0.2, 0.25) is 0 Å². The molecule has 15 nitrogen and oxygen atoms in total. The number of hydrogen-bond acceptors (Lipinski definition) is 11. The zero-order valence-corrected chi connectivity index (χ0v) is 33.6. The first kappa shape index (κ1) is 43.8. The van der Waals surface area contributed by atoms with Crippen molar-refractivity contribution in [1.82, 2.24) is 25.6 Å². The van der Waals surface area contributed by atoms with Crippen molar-refractivity contribution in [1.29, 1.82) is 0 Å². The number of rotatable bonds is 16. The van der Waals surface area contributed by atoms with Crippen LogP contribution in [0.25, 0.3) is 0 Å². The van der Waals surface area contributed by atoms with Gasteiger partial charge in [-0.15, -0.1) is 0 Å². The average molecular weight is 804 g/mol. The summed E-state index contributed by atoms with van der Waals surface area (Å²) in [6, 6.07) is 27.3. The number of alkyl carbamates (subject to hydrolysis) is 2. The normalized spacial score (nSPS) is 17.7. The van der Waals surface area contributed by atoms with Gasteiger partial charge in [-0.3, -0.25) is 25.2 Å². The van der Waals surface area contributed by atoms with Gasteiger partial charge >= 0.3 is 23.5 Å². The molecule has 16 heteroatoms. The van der Waals surface area contributed by atoms with E-state index < -0.39 is 29.0 Å². The van der Waals surface area contributed by atoms with Crippen molar-refractivity contribution < 1.29 is 37.0 Å². The van der Waals surface area contributed by atoms with Gasteiger partial charge in [-0.25, -0.2) is 13.9 Å². The minimum absolute atomic E-state index is 0.0273. The third-order valence-electron chi connectivity index (χ3n) is 9.38. The monoisotopic (exact) mass is 803 g/mol. The molecular weight excluding hydrogens is 751 g/mol. The highest BCUT2D eigenvalue weighted by molar-refractivity contribution is 7.78. The number of carbonyl (C=O) groups is 4. The van der Waals surface area contributed by atoms with E-state index in [1.54, 1.807) is 24.3 Å². The van der Waals surface area contributed by atoms with E-state index in [4.69, 9.17) is 19.4 Å². The number of benzene rings is 3. The summed E-state index contributed by atoms with van der Waals surface area (Å²) in [6.45, 7) is 12.4. The van der Waals surface area contributed by atoms with Crippen molar-refractivity contribution in [2.45, 2.75) is 77.7 Å². The van der Waals surface area contributed by atoms with Crippen LogP contribution < -0.4 is 31.2 Å². The van der Waals surface area contributed by atoms with Gasteiger partial charge < -0.3 is 30.0 Å². The molecule has 57 heavy (non-hydrogen) atoms. The third-order valence-corrected chi connectivity index (χ3v) is 10.7. The second kappa shape index (κ2) is 20.9. The molecule has 0 bridgehead atoms. The van der Waals surface area contributed by atoms with Gasteiger partial charge in [0.1, 0.15) is 19.0 Å². The van der Waals surface area contributed by atoms with Crippen LogP contribution in [0.3, 0.4) is 0 Å². The summed E-state index contributed by atoms with van der Waals surface area (Å²) in [5.74, 6) is 0.452. The number of guanidine groups is 1. The highest BCUT2D eigenvalue weighted by atomic mass is 32.2. The molecule has 2 saturated heterocycles. The lowest BCUT2D eigenvalue weighted by molar-refractivity contribution is -0.154. The van der Waals surface area contributed by atoms with Crippen LogP contribution >= 0.6 is 0 Å². The number of para-hydroxylation sites is 1. The molecule has 0 radical (unpaired) electrons. The number of amides is 4. The van der Waals surface area contributed by atoms with E-state index in [9.17, 15) is 23.4 Å². The van der Waals surface area contributed by atoms with Crippen molar-refractivity contribution in [2.75, 3.05) is 13.1 Å². The van der Waals surface area contributed by atoms with E-state index >= 15 is 0 Å². The fraction of sp³-hybridized carbons (Fsp3) is 0.390. The number of aliphatic imine (C=N–C) groups is 1. The number of nitrogens with one attached hydrogen (secondary N) is 4. The molecule has 1 unspecified atom stereocenters. The quantitative estimate of drug-likeness (QED) is 0.0556. The van der Waals surface area contributed by atoms with Crippen molar-refractivity contribution in [3.8, 4) is 5.75 Å². The molecule has 3 atom stereocenters. The molecule has 0 saturated carbocycles. The Bertz CT molecular complexity index is 1820. The highest BCUT2D eigenvalue weighted by Crippen LogP contribution is 2.41. The Kier molecular flexibility index (Phi) is 16.0. The molecule has 3 aromatic rings. The van der Waals surface area contributed by atoms with E-state index in [1.807, 2.05) is 94.4 Å². The third kappa shape index (κ3) is 13.4. The van der Waals surface area contributed by atoms with Crippen LogP contribution in [0.4, 0.5) is 9.59 Å². The standard InChI is InChI=1S/C25H30N4O5.C16H23N3O3S/c1-25(2)20(21(30)29-25)14-9-15-26-22(27-23(31)33-16-18-10-5-3-6-11-18)28-24(32)34-17-19-12-7-4-8-13-19;1-12(17)18-11-7-10-14-15(20)19(16(14,2)3)23(21)22-13-8-5-4-6-9-13/h3-8,10-13,20H,9,14-17H2,1-2H3,(H,29,30)(H2,26,27,28,31,32);4-6,8-9,14,18H,1,7,10-11,17H2,2-3H3/t20-;14-,23?/m00/s1. The first-order valence-electron chi connectivity index (χ1n) is 18.7. The fourth-order valence-corrected chi connectivity index (χ4v) is 7.37. The molecule has 0 spiro atoms. The van der Waals surface area contributed by atoms with Gasteiger partial charge in [0.25, 0.3) is 0 Å². The zero-order valence-electron chi connectivity index (χ0n) is 32.8. The van der Waals surface area contributed by atoms with Gasteiger partial charge in [0.05, 0.1) is 23.2 Å². The van der Waals surface area contributed by atoms with Crippen molar-refractivity contribution in [3.63, 3.8) is 0 Å². The van der Waals surface area contributed by atoms with Gasteiger partial charge in [-0.2, -0.15) is 4.21 Å². The van der Waals surface area contributed by atoms with E-state index in [0.717, 1.165) is 17.5 Å². The summed E-state index contributed by atoms with van der Waals surface area (Å²) in [7, 11) is 0. The summed E-state index contributed by atoms with van der Waals surface area (Å²) >= 11 is -1.83. The maximum Gasteiger partial charge on any atom is 0.414 e. The van der Waals surface area contributed by atoms with E-state index in [0.29, 0.717) is 43.9 Å². The van der Waals surface area contributed by atoms with E-state index in [-0.39, 0.29) is 48.4 Å². The number of ether oxygens (including phenoxy) is 2. The number of β-lactam (4-membered cyclic amide) rings is 2. The minimum Gasteiger partial charge on any atom is -0.444 e. The van der Waals surface area contributed by atoms with Gasteiger partial charge in [-0.1, -0.05) is 85.4 Å². The smallest absolute Gasteiger partial charge is 0.414 e. The largest absolute Gasteiger partial charge is 0.444 e. The Morgan fingerprint density at radius 3 is 1.81 bits per heavy atom. The second-order valence-electron chi connectivity index (χ2n) is 14.6. The number of nitrogens with zero attached hydrogens (tertiary/aromatic N) is 2. The highest BCUT2D eigenvalue weighted by Gasteiger charge is 2.57. The predicted octanol–water partition coefficient (Wildman–Crippen LogP) is 5.18. The number of nitrogens with two attached hydrogens (primary N) is 1. The summed E-state index contributed by atoms with van der Waals surface area (Å²) in [4.78, 5) is 52.9. The predicted molar refractivity (Wildman–Crippen MR) is 217 cm³/mol. The summed E-state index contributed by atoms with van der Waals surface area (Å²) in [6.07, 6.45) is 1.22. The zero-order chi connectivity index (χ0) is 41.4. The molecule has 2 fully saturated rings. The van der Waals surface area contributed by atoms with Gasteiger partial charge in [0, 0.05) is 18.6 Å². The number of carbonyl (C=O) groups excluding carboxylic acids is 4. The maximum atomic E-state index is 12.3. The molecule has 0 aromatic heterocycles. The SMILES string of the molecule is C=C(N)NCCC[C@H]1C(=O)N(S(=O)Oc2ccccc2)C1(C)C.CC1(C)NC(=O)[C@@H]1CCCN=C(NC(=O)OCc1ccccc1)NC(=O)OCc1ccccc1. The van der Waals surface area contributed by atoms with Crippen LogP contribution in [-0.2, 0) is 43.5 Å². The Hall–Kier alpha value is -5.90. The molecule has 2 aliphatic heterocycles. The van der Waals surface area contributed by atoms with Crippen molar-refractivity contribution in [3.05, 3.63) is 115 Å². The molecule has 2 aliphatic rings. The molecule has 4 amide bonds. The second-order valence-corrected chi connectivity index (χ2v) is 15.5. The van der Waals surface area contributed by atoms with Gasteiger partial charge in [0.2, 0.25) is 17.8 Å². The Morgan fingerprint density at radius 2 is 1.33 bits per heavy atom. The Morgan fingerprint density at radius 1 is 0.825 bits per heavy atom. The molecule has 3 aromatic carbocycles. The van der Waals surface area contributed by atoms with Crippen LogP contribution in [-0.4, -0.2) is 62.6 Å². The van der Waals surface area contributed by atoms with Crippen molar-refractivity contribution >= 4 is 41.2 Å². The topological polar surface area (TPSA) is 203 Å². The molecule has 5 rings (SSSR count). The summed E-state index contributed by atoms with van der Waals surface area (Å²) < 4.78 is 29.4. The fourth-order valence-electron chi connectivity index (χ4n) is 6.24. The number of hydrogen-bond donors (Lipinski definition) is 5. The molecule has 0 aliphatic carbocycles. The first-order valence-corrected chi connectivity index (χ1v) is 19.7. The van der Waals surface area contributed by atoms with Crippen LogP contribution in [0.15, 0.2) is 108 Å². The van der Waals surface area contributed by atoms with E-state index in [1.165, 1.54) is 4.31 Å². The first-order chi connectivity index (χ1) is 27.2. The van der Waals surface area contributed by atoms with Gasteiger partial charge in [0.15, 0.2) is 0 Å². The summed E-state index contributed by atoms with van der Waals surface area (Å²) in [5, 5.41) is 10.7. The average Bonchev–Trinajstić information content (AvgIpc) is 3.17. The van der Waals surface area contributed by atoms with Crippen LogP contribution in [0, 0.1) is 11.8 Å². The lowest BCUT2D eigenvalue weighted by Crippen LogP contribution is -2.68. The Labute approximate surface area is 336 Å². The summed E-state index contributed by atoms with van der Waals surface area (Å²) in [5.41, 5.74) is 6.35. The maximum absolute atomic E-state index is 12.3. The molecule has 306 valence electrons. The van der Waals surface area contributed by atoms with Crippen molar-refractivity contribution in [2.24, 2.45) is 22.6 Å². The van der Waals surface area contributed by atoms with Crippen LogP contribution in [0.1, 0.15) is 64.5 Å². The minimum atomic E-state index is -1.83. The lowest BCUT2D eigenvalue weighted by atomic mass is 9.76. The molecule has 2 heterocycles. The lowest BCUT2D eigenvalue weighted by Gasteiger charge is -2.51. The van der Waals surface area contributed by atoms with Gasteiger partial charge in [-0.05, 0) is 76.6 Å². The van der Waals surface area contributed by atoms with E-state index in [2.05, 4.69) is 32.8 Å². The molecular formula is C41H53N7O8S. The van der Waals surface area contributed by atoms with Crippen LogP contribution in [0.5, 0.6) is 5.75 Å². The molecule has 6 N–H and O–H groups in total.